The van der Waals surface area contributed by atoms with Crippen LogP contribution in [0.1, 0.15) is 59.4 Å². The molecule has 3 fully saturated rings. The quantitative estimate of drug-likeness (QED) is 0.0905. The van der Waals surface area contributed by atoms with E-state index in [4.69, 9.17) is 57.9 Å². The van der Waals surface area contributed by atoms with Gasteiger partial charge in [0, 0.05) is 50.3 Å². The maximum absolute atomic E-state index is 14.1. The van der Waals surface area contributed by atoms with Gasteiger partial charge in [-0.1, -0.05) is 48.9 Å². The summed E-state index contributed by atoms with van der Waals surface area (Å²) in [6, 6.07) is 2.91. The Kier molecular flexibility index (Phi) is 22.6. The number of nitrogens with zero attached hydrogens (tertiary/aromatic N) is 3. The van der Waals surface area contributed by atoms with Crippen molar-refractivity contribution in [1.82, 2.24) is 9.88 Å². The number of nitrogen functional groups attached to an aromatic ring is 1. The summed E-state index contributed by atoms with van der Waals surface area (Å²) in [4.78, 5) is 39.3. The first kappa shape index (κ1) is 56.2. The SMILES string of the molecule is CO[C@@H]1[C@H](O)[C@@H](C)O[C@@H](OC[C@H]2/C=C(C)/C=C/C(=O)[C@H](C)CC3CCOC/C(=N\OCOC/C=C/c4cccnc4N)CO[C@H](CC(=O)OC2)[C@H](C)[C@H]3O[C@@H]2O[C@H](C)[C@@H](O)[C@H](N(C)C)[C@H]2O)[C@@H]1OC. The van der Waals surface area contributed by atoms with E-state index in [1.807, 2.05) is 32.9 Å². The van der Waals surface area contributed by atoms with E-state index in [2.05, 4.69) is 10.1 Å². The molecule has 0 radical (unpaired) electrons. The molecule has 0 aliphatic carbocycles. The highest BCUT2D eigenvalue weighted by Gasteiger charge is 2.48. The minimum atomic E-state index is -1.26. The Morgan fingerprint density at radius 1 is 0.957 bits per heavy atom. The van der Waals surface area contributed by atoms with E-state index < -0.39 is 97.3 Å². The average molecular weight is 977 g/mol. The summed E-state index contributed by atoms with van der Waals surface area (Å²) >= 11 is 0. The van der Waals surface area contributed by atoms with E-state index in [0.29, 0.717) is 24.4 Å². The van der Waals surface area contributed by atoms with Gasteiger partial charge in [-0.15, -0.1) is 0 Å². The molecule has 69 heavy (non-hydrogen) atoms. The van der Waals surface area contributed by atoms with Crippen molar-refractivity contribution >= 4 is 29.4 Å². The number of aliphatic hydroxyl groups excluding tert-OH is 3. The first-order valence-corrected chi connectivity index (χ1v) is 23.7. The number of ketones is 1. The van der Waals surface area contributed by atoms with Gasteiger partial charge in [0.15, 0.2) is 18.4 Å². The van der Waals surface area contributed by atoms with Crippen LogP contribution in [0.4, 0.5) is 5.82 Å². The van der Waals surface area contributed by atoms with Crippen molar-refractivity contribution in [3.63, 3.8) is 0 Å². The van der Waals surface area contributed by atoms with Gasteiger partial charge in [-0.2, -0.15) is 0 Å². The van der Waals surface area contributed by atoms with Crippen LogP contribution in [0.2, 0.25) is 0 Å². The normalized spacial score (nSPS) is 37.8. The minimum absolute atomic E-state index is 0.0181. The number of carbonyl (C=O) groups is 2. The van der Waals surface area contributed by atoms with Crippen molar-refractivity contribution in [2.75, 3.05) is 80.5 Å². The van der Waals surface area contributed by atoms with E-state index in [0.717, 1.165) is 11.1 Å². The molecule has 3 saturated heterocycles. The molecule has 20 heteroatoms. The van der Waals surface area contributed by atoms with Crippen molar-refractivity contribution in [2.24, 2.45) is 28.8 Å². The fourth-order valence-corrected chi connectivity index (χ4v) is 9.12. The maximum Gasteiger partial charge on any atom is 0.308 e. The van der Waals surface area contributed by atoms with Gasteiger partial charge in [0.1, 0.15) is 35.9 Å². The molecule has 0 amide bonds. The largest absolute Gasteiger partial charge is 0.465 e. The highest BCUT2D eigenvalue weighted by Crippen LogP contribution is 2.36. The summed E-state index contributed by atoms with van der Waals surface area (Å²) in [5.41, 5.74) is 7.79. The highest BCUT2D eigenvalue weighted by molar-refractivity contribution is 5.91. The summed E-state index contributed by atoms with van der Waals surface area (Å²) in [7, 11) is 6.47. The third-order valence-corrected chi connectivity index (χ3v) is 13.1. The summed E-state index contributed by atoms with van der Waals surface area (Å²) in [6.45, 7) is 9.09. The van der Waals surface area contributed by atoms with Crippen molar-refractivity contribution < 1.29 is 77.1 Å². The predicted octanol–water partition coefficient (Wildman–Crippen LogP) is 2.68. The van der Waals surface area contributed by atoms with E-state index >= 15 is 0 Å². The van der Waals surface area contributed by atoms with Gasteiger partial charge in [0.05, 0.1) is 76.0 Å². The number of ether oxygens (including phenoxy) is 10. The van der Waals surface area contributed by atoms with Crippen molar-refractivity contribution in [1.29, 1.82) is 0 Å². The van der Waals surface area contributed by atoms with E-state index in [1.165, 1.54) is 20.3 Å². The molecule has 388 valence electrons. The molecule has 5 rings (SSSR count). The molecule has 4 aliphatic heterocycles. The van der Waals surface area contributed by atoms with Crippen LogP contribution in [-0.4, -0.2) is 191 Å². The van der Waals surface area contributed by atoms with Gasteiger partial charge in [-0.3, -0.25) is 9.59 Å². The van der Waals surface area contributed by atoms with Crippen LogP contribution >= 0.6 is 0 Å². The lowest BCUT2D eigenvalue weighted by Crippen LogP contribution is -2.63. The van der Waals surface area contributed by atoms with Gasteiger partial charge >= 0.3 is 5.97 Å². The number of esters is 1. The van der Waals surface area contributed by atoms with Crippen LogP contribution in [0.15, 0.2) is 53.4 Å². The molecule has 1 unspecified atom stereocenters. The van der Waals surface area contributed by atoms with Crippen LogP contribution in [0.3, 0.4) is 0 Å². The molecule has 1 aromatic heterocycles. The molecule has 1 aromatic rings. The second-order valence-corrected chi connectivity index (χ2v) is 18.6. The van der Waals surface area contributed by atoms with Gasteiger partial charge in [0.2, 0.25) is 6.79 Å². The van der Waals surface area contributed by atoms with Crippen molar-refractivity contribution in [3.8, 4) is 0 Å². The topological polar surface area (TPSA) is 251 Å². The molecule has 5 heterocycles. The van der Waals surface area contributed by atoms with Crippen LogP contribution < -0.4 is 5.73 Å². The lowest BCUT2D eigenvalue weighted by Gasteiger charge is -2.47. The first-order valence-electron chi connectivity index (χ1n) is 23.7. The molecule has 0 aromatic carbocycles. The average Bonchev–Trinajstić information content (AvgIpc) is 3.34. The van der Waals surface area contributed by atoms with Crippen LogP contribution in [-0.2, 0) is 61.8 Å². The lowest BCUT2D eigenvalue weighted by atomic mass is 9.79. The van der Waals surface area contributed by atoms with Gasteiger partial charge in [0.25, 0.3) is 0 Å². The lowest BCUT2D eigenvalue weighted by molar-refractivity contribution is -0.305. The van der Waals surface area contributed by atoms with Crippen LogP contribution in [0.25, 0.3) is 6.08 Å². The molecule has 16 atom stereocenters. The van der Waals surface area contributed by atoms with E-state index in [1.54, 1.807) is 63.3 Å². The number of aliphatic hydroxyl groups is 3. The molecule has 5 N–H and O–H groups in total. The number of hydrogen-bond acceptors (Lipinski definition) is 20. The first-order chi connectivity index (χ1) is 33.0. The number of rotatable bonds is 14. The zero-order valence-corrected chi connectivity index (χ0v) is 41.5. The van der Waals surface area contributed by atoms with Gasteiger partial charge in [-0.05, 0) is 71.8 Å². The summed E-state index contributed by atoms with van der Waals surface area (Å²) in [5.74, 6) is -2.27. The maximum atomic E-state index is 14.1. The number of hydrogen-bond donors (Lipinski definition) is 4. The number of anilines is 1. The molecule has 20 nitrogen and oxygen atoms in total. The van der Waals surface area contributed by atoms with Crippen LogP contribution in [0.5, 0.6) is 0 Å². The summed E-state index contributed by atoms with van der Waals surface area (Å²) in [6.07, 6.45) is 1.07. The smallest absolute Gasteiger partial charge is 0.308 e. The fraction of sp³-hybridized carbons (Fsp3) is 0.714. The second-order valence-electron chi connectivity index (χ2n) is 18.6. The number of nitrogens with two attached hydrogens (primary N) is 1. The molecule has 0 spiro atoms. The standard InChI is InChI=1S/C49H76N4O16/c1-28-14-15-37(54)29(2)21-35-16-19-61-25-36(52-66-27-62-18-11-13-34-12-10-17-51-47(34)50)26-63-38(30(3)44(35)69-48-43(58)40(53(6)7)41(56)31(4)67-48)22-39(55)64-23-33(20-28)24-65-49-46(60-9)45(59-8)42(57)32(5)68-49/h10-15,17,20,29-33,35,38,40-46,48-49,56-58H,16,18-19,21-27H2,1-9H3,(H2,50,51)/b13-11+,15-14+,28-20+,52-36+/t29-,30+,31-,32-,33+,35?,38-,40+,41-,42-,43-,44-,45-,46-,48+,49-/m1/s1. The Morgan fingerprint density at radius 2 is 1.70 bits per heavy atom. The summed E-state index contributed by atoms with van der Waals surface area (Å²) in [5, 5.41) is 37.7. The Hall–Kier alpha value is -3.74. The molecule has 4 aliphatic rings. The van der Waals surface area contributed by atoms with Crippen molar-refractivity contribution in [3.05, 3.63) is 53.8 Å². The van der Waals surface area contributed by atoms with Gasteiger partial charge < -0.3 is 78.2 Å². The van der Waals surface area contributed by atoms with E-state index in [-0.39, 0.29) is 64.6 Å². The van der Waals surface area contributed by atoms with E-state index in [9.17, 15) is 24.9 Å². The van der Waals surface area contributed by atoms with Gasteiger partial charge in [-0.25, -0.2) is 4.98 Å². The Bertz CT molecular complexity index is 1880. The highest BCUT2D eigenvalue weighted by atomic mass is 16.7. The molecule has 0 saturated carbocycles. The van der Waals surface area contributed by atoms with Crippen LogP contribution in [0, 0.1) is 23.7 Å². The Morgan fingerprint density at radius 3 is 2.42 bits per heavy atom. The number of pyridine rings is 1. The summed E-state index contributed by atoms with van der Waals surface area (Å²) < 4.78 is 60.7. The van der Waals surface area contributed by atoms with Crippen molar-refractivity contribution in [2.45, 2.75) is 127 Å². The predicted molar refractivity (Wildman–Crippen MR) is 252 cm³/mol. The zero-order chi connectivity index (χ0) is 50.2. The number of oxime groups is 1. The monoisotopic (exact) mass is 977 g/mol. The number of allylic oxidation sites excluding steroid dienone is 3. The number of aromatic nitrogens is 1. The number of cyclic esters (lactones) is 1. The number of fused-ring (bicyclic) bond motifs is 3. The third-order valence-electron chi connectivity index (χ3n) is 13.1. The molecule has 2 bridgehead atoms. The zero-order valence-electron chi connectivity index (χ0n) is 41.5. The Labute approximate surface area is 406 Å². The molecular formula is C49H76N4O16. The second kappa shape index (κ2) is 27.8. The number of carbonyl (C=O) groups excluding carboxylic acids is 2. The minimum Gasteiger partial charge on any atom is -0.465 e. The Balaban J connectivity index is 1.42. The third kappa shape index (κ3) is 16.1. The molecular weight excluding hydrogens is 901 g/mol. The fourth-order valence-electron chi connectivity index (χ4n) is 9.12. The number of likely N-dealkylation sites (N-methyl/N-ethyl adjacent to an activating group) is 1. The number of methoxy groups -OCH3 is 2.